The molecule has 0 saturated heterocycles. The number of nitriles is 1. The molecule has 0 radical (unpaired) electrons. The van der Waals surface area contributed by atoms with E-state index >= 15 is 0 Å². The Bertz CT molecular complexity index is 720. The molecule has 0 aliphatic carbocycles. The summed E-state index contributed by atoms with van der Waals surface area (Å²) in [5.41, 5.74) is 3.98. The summed E-state index contributed by atoms with van der Waals surface area (Å²) in [6, 6.07) is 16.4. The van der Waals surface area contributed by atoms with Crippen molar-refractivity contribution in [2.75, 3.05) is 0 Å². The van der Waals surface area contributed by atoms with E-state index in [1.54, 1.807) is 0 Å². The van der Waals surface area contributed by atoms with Crippen molar-refractivity contribution in [3.05, 3.63) is 54.4 Å². The average molecular weight is 233 g/mol. The Morgan fingerprint density at radius 3 is 2.72 bits per heavy atom. The summed E-state index contributed by atoms with van der Waals surface area (Å²) < 4.78 is 0. The topological polar surface area (TPSA) is 52.5 Å². The van der Waals surface area contributed by atoms with Gasteiger partial charge in [-0.2, -0.15) is 5.26 Å². The Morgan fingerprint density at radius 2 is 1.94 bits per heavy atom. The number of fused-ring (bicyclic) bond motifs is 1. The largest absolute Gasteiger partial charge is 0.342 e. The predicted molar refractivity (Wildman–Crippen MR) is 70.8 cm³/mol. The summed E-state index contributed by atoms with van der Waals surface area (Å²) in [6.45, 7) is 0. The third-order valence-electron chi connectivity index (χ3n) is 2.90. The van der Waals surface area contributed by atoms with Crippen LogP contribution in [0.5, 0.6) is 0 Å². The van der Waals surface area contributed by atoms with Gasteiger partial charge >= 0.3 is 0 Å². The first-order valence-corrected chi connectivity index (χ1v) is 5.77. The highest BCUT2D eigenvalue weighted by Crippen LogP contribution is 2.22. The minimum atomic E-state index is 0.386. The molecule has 0 saturated carbocycles. The Labute approximate surface area is 105 Å². The van der Waals surface area contributed by atoms with Gasteiger partial charge in [0.05, 0.1) is 12.5 Å². The van der Waals surface area contributed by atoms with Gasteiger partial charge in [0.15, 0.2) is 0 Å². The lowest BCUT2D eigenvalue weighted by Gasteiger charge is -2.00. The summed E-state index contributed by atoms with van der Waals surface area (Å²) in [5.74, 6) is 0. The molecule has 0 bridgehead atoms. The highest BCUT2D eigenvalue weighted by atomic mass is 14.9. The van der Waals surface area contributed by atoms with Gasteiger partial charge < -0.3 is 4.98 Å². The quantitative estimate of drug-likeness (QED) is 0.738. The molecule has 3 aromatic rings. The number of aromatic nitrogens is 2. The maximum atomic E-state index is 8.69. The minimum absolute atomic E-state index is 0.386. The molecule has 0 fully saturated rings. The van der Waals surface area contributed by atoms with Crippen molar-refractivity contribution in [1.82, 2.24) is 9.97 Å². The minimum Gasteiger partial charge on any atom is -0.342 e. The maximum Gasteiger partial charge on any atom is 0.137 e. The summed E-state index contributed by atoms with van der Waals surface area (Å²) >= 11 is 0. The molecule has 0 aliphatic heterocycles. The molecule has 0 spiro atoms. The molecule has 2 heterocycles. The third kappa shape index (κ3) is 1.85. The summed E-state index contributed by atoms with van der Waals surface area (Å²) in [6.07, 6.45) is 2.24. The second-order valence-electron chi connectivity index (χ2n) is 4.16. The lowest BCUT2D eigenvalue weighted by atomic mass is 10.1. The number of hydrogen-bond donors (Lipinski definition) is 1. The summed E-state index contributed by atoms with van der Waals surface area (Å²) in [7, 11) is 0. The van der Waals surface area contributed by atoms with E-state index in [2.05, 4.69) is 34.2 Å². The Morgan fingerprint density at radius 1 is 1.11 bits per heavy atom. The van der Waals surface area contributed by atoms with Crippen LogP contribution in [0.4, 0.5) is 0 Å². The van der Waals surface area contributed by atoms with Gasteiger partial charge in [0.25, 0.3) is 0 Å². The lowest BCUT2D eigenvalue weighted by Crippen LogP contribution is -1.81. The van der Waals surface area contributed by atoms with Gasteiger partial charge in [-0.3, -0.25) is 0 Å². The Hall–Kier alpha value is -2.60. The fourth-order valence-corrected chi connectivity index (χ4v) is 2.04. The zero-order valence-corrected chi connectivity index (χ0v) is 9.72. The summed E-state index contributed by atoms with van der Waals surface area (Å²) in [4.78, 5) is 7.54. The number of benzene rings is 1. The van der Waals surface area contributed by atoms with Gasteiger partial charge in [0, 0.05) is 22.8 Å². The molecule has 3 rings (SSSR count). The molecular formula is C15H11N3. The van der Waals surface area contributed by atoms with Crippen molar-refractivity contribution < 1.29 is 0 Å². The van der Waals surface area contributed by atoms with Crippen LogP contribution in [0.25, 0.3) is 22.2 Å². The van der Waals surface area contributed by atoms with Gasteiger partial charge in [0.1, 0.15) is 5.65 Å². The smallest absolute Gasteiger partial charge is 0.137 e. The number of aromatic amines is 1. The predicted octanol–water partition coefficient (Wildman–Crippen LogP) is 3.30. The highest BCUT2D eigenvalue weighted by molar-refractivity contribution is 5.82. The molecule has 18 heavy (non-hydrogen) atoms. The van der Waals surface area contributed by atoms with Crippen molar-refractivity contribution >= 4 is 11.0 Å². The zero-order chi connectivity index (χ0) is 12.4. The van der Waals surface area contributed by atoms with Crippen molar-refractivity contribution in [2.24, 2.45) is 0 Å². The second kappa shape index (κ2) is 4.34. The first-order chi connectivity index (χ1) is 8.86. The molecule has 0 aliphatic rings. The summed E-state index contributed by atoms with van der Waals surface area (Å²) in [5, 5.41) is 9.73. The molecule has 86 valence electrons. The average Bonchev–Trinajstić information content (AvgIpc) is 2.81. The molecule has 1 aromatic carbocycles. The SMILES string of the molecule is N#CCc1cc2cc(-c3ccccc3)cnc2[nH]1. The van der Waals surface area contributed by atoms with Crippen molar-refractivity contribution in [2.45, 2.75) is 6.42 Å². The molecule has 3 heteroatoms. The first kappa shape index (κ1) is 10.5. The standard InChI is InChI=1S/C15H11N3/c16-7-6-14-9-12-8-13(10-17-15(12)18-14)11-4-2-1-3-5-11/h1-5,8-10H,6H2,(H,17,18). The number of nitrogens with zero attached hydrogens (tertiary/aromatic N) is 2. The van der Waals surface area contributed by atoms with Gasteiger partial charge in [-0.05, 0) is 17.7 Å². The van der Waals surface area contributed by atoms with E-state index in [9.17, 15) is 0 Å². The second-order valence-corrected chi connectivity index (χ2v) is 4.16. The normalized spacial score (nSPS) is 10.4. The molecule has 0 atom stereocenters. The van der Waals surface area contributed by atoms with Gasteiger partial charge in [0.2, 0.25) is 0 Å². The monoisotopic (exact) mass is 233 g/mol. The fraction of sp³-hybridized carbons (Fsp3) is 0.0667. The Balaban J connectivity index is 2.09. The molecule has 3 nitrogen and oxygen atoms in total. The van der Waals surface area contributed by atoms with Gasteiger partial charge in [-0.25, -0.2) is 4.98 Å². The highest BCUT2D eigenvalue weighted by Gasteiger charge is 2.04. The number of pyridine rings is 1. The third-order valence-corrected chi connectivity index (χ3v) is 2.90. The van der Waals surface area contributed by atoms with E-state index in [-0.39, 0.29) is 0 Å². The van der Waals surface area contributed by atoms with E-state index in [4.69, 9.17) is 5.26 Å². The zero-order valence-electron chi connectivity index (χ0n) is 9.72. The van der Waals surface area contributed by atoms with E-state index in [1.165, 1.54) is 0 Å². The van der Waals surface area contributed by atoms with E-state index in [0.717, 1.165) is 27.9 Å². The van der Waals surface area contributed by atoms with Crippen LogP contribution < -0.4 is 0 Å². The van der Waals surface area contributed by atoms with E-state index < -0.39 is 0 Å². The van der Waals surface area contributed by atoms with Crippen LogP contribution in [0.3, 0.4) is 0 Å². The van der Waals surface area contributed by atoms with Crippen LogP contribution >= 0.6 is 0 Å². The number of nitrogens with one attached hydrogen (secondary N) is 1. The van der Waals surface area contributed by atoms with Gasteiger partial charge in [-0.15, -0.1) is 0 Å². The van der Waals surface area contributed by atoms with Crippen LogP contribution in [0, 0.1) is 11.3 Å². The van der Waals surface area contributed by atoms with Crippen LogP contribution in [0.1, 0.15) is 5.69 Å². The van der Waals surface area contributed by atoms with Crippen LogP contribution in [-0.2, 0) is 6.42 Å². The van der Waals surface area contributed by atoms with Crippen molar-refractivity contribution in [3.63, 3.8) is 0 Å². The molecule has 0 unspecified atom stereocenters. The van der Waals surface area contributed by atoms with Crippen molar-refractivity contribution in [1.29, 1.82) is 5.26 Å². The Kier molecular flexibility index (Phi) is 2.54. The molecule has 0 amide bonds. The van der Waals surface area contributed by atoms with Crippen molar-refractivity contribution in [3.8, 4) is 17.2 Å². The van der Waals surface area contributed by atoms with Crippen LogP contribution in [0.15, 0.2) is 48.7 Å². The maximum absolute atomic E-state index is 8.69. The van der Waals surface area contributed by atoms with Crippen LogP contribution in [0.2, 0.25) is 0 Å². The number of H-pyrrole nitrogens is 1. The van der Waals surface area contributed by atoms with Gasteiger partial charge in [-0.1, -0.05) is 30.3 Å². The van der Waals surface area contributed by atoms with Crippen LogP contribution in [-0.4, -0.2) is 9.97 Å². The fourth-order valence-electron chi connectivity index (χ4n) is 2.04. The first-order valence-electron chi connectivity index (χ1n) is 5.77. The van der Waals surface area contributed by atoms with E-state index in [1.807, 2.05) is 30.5 Å². The van der Waals surface area contributed by atoms with E-state index in [0.29, 0.717) is 6.42 Å². The molecular weight excluding hydrogens is 222 g/mol. The number of rotatable bonds is 2. The molecule has 1 N–H and O–H groups in total. The number of hydrogen-bond acceptors (Lipinski definition) is 2. The molecule has 2 aromatic heterocycles. The lowest BCUT2D eigenvalue weighted by molar-refractivity contribution is 1.16.